The molecule has 0 aliphatic heterocycles. The van der Waals surface area contributed by atoms with Crippen molar-refractivity contribution in [1.29, 1.82) is 0 Å². The molecule has 4 nitrogen and oxygen atoms in total. The quantitative estimate of drug-likeness (QED) is 0.793. The molecule has 0 saturated heterocycles. The van der Waals surface area contributed by atoms with Gasteiger partial charge in [0.2, 0.25) is 5.91 Å². The number of amides is 1. The third-order valence-electron chi connectivity index (χ3n) is 2.55. The van der Waals surface area contributed by atoms with Gasteiger partial charge in [-0.3, -0.25) is 4.79 Å². The van der Waals surface area contributed by atoms with Crippen molar-refractivity contribution in [1.82, 2.24) is 4.90 Å². The van der Waals surface area contributed by atoms with Crippen molar-refractivity contribution in [3.63, 3.8) is 0 Å². The van der Waals surface area contributed by atoms with Crippen LogP contribution < -0.4 is 11.1 Å². The summed E-state index contributed by atoms with van der Waals surface area (Å²) in [6.45, 7) is 3.70. The number of nitrogens with two attached hydrogens (primary N) is 1. The van der Waals surface area contributed by atoms with Gasteiger partial charge in [0, 0.05) is 18.0 Å². The highest BCUT2D eigenvalue weighted by atomic mass is 35.5. The standard InChI is InChI=1S/C12H18ClN3O/c1-3-16(2)7-6-12(17)15-11-8-9(13)4-5-10(11)14/h4-5,8H,3,6-7,14H2,1-2H3,(H,15,17). The number of halogens is 1. The molecule has 0 bridgehead atoms. The summed E-state index contributed by atoms with van der Waals surface area (Å²) in [5, 5.41) is 3.31. The second-order valence-electron chi connectivity index (χ2n) is 3.93. The molecule has 0 aliphatic carbocycles. The smallest absolute Gasteiger partial charge is 0.225 e. The molecule has 1 amide bonds. The average Bonchev–Trinajstić information content (AvgIpc) is 2.30. The van der Waals surface area contributed by atoms with Crippen LogP contribution in [0.2, 0.25) is 5.02 Å². The van der Waals surface area contributed by atoms with E-state index in [0.29, 0.717) is 22.8 Å². The number of hydrogen-bond donors (Lipinski definition) is 2. The molecule has 1 rings (SSSR count). The second kappa shape index (κ2) is 6.47. The van der Waals surface area contributed by atoms with Crippen LogP contribution in [0.3, 0.4) is 0 Å². The first kappa shape index (κ1) is 13.8. The molecule has 0 radical (unpaired) electrons. The van der Waals surface area contributed by atoms with Crippen LogP contribution in [0, 0.1) is 0 Å². The van der Waals surface area contributed by atoms with E-state index < -0.39 is 0 Å². The molecule has 3 N–H and O–H groups in total. The molecular formula is C12H18ClN3O. The van der Waals surface area contributed by atoms with Gasteiger partial charge in [0.1, 0.15) is 0 Å². The van der Waals surface area contributed by atoms with Gasteiger partial charge >= 0.3 is 0 Å². The number of carbonyl (C=O) groups is 1. The molecule has 0 spiro atoms. The molecule has 0 unspecified atom stereocenters. The summed E-state index contributed by atoms with van der Waals surface area (Å²) in [5.74, 6) is -0.0562. The second-order valence-corrected chi connectivity index (χ2v) is 4.36. The van der Waals surface area contributed by atoms with Gasteiger partial charge in [-0.15, -0.1) is 0 Å². The SMILES string of the molecule is CCN(C)CCC(=O)Nc1cc(Cl)ccc1N. The van der Waals surface area contributed by atoms with Gasteiger partial charge in [0.15, 0.2) is 0 Å². The number of benzene rings is 1. The van der Waals surface area contributed by atoms with Crippen LogP contribution in [-0.2, 0) is 4.79 Å². The van der Waals surface area contributed by atoms with E-state index in [1.165, 1.54) is 0 Å². The summed E-state index contributed by atoms with van der Waals surface area (Å²) >= 11 is 5.84. The maximum atomic E-state index is 11.7. The zero-order valence-corrected chi connectivity index (χ0v) is 10.9. The summed E-state index contributed by atoms with van der Waals surface area (Å²) in [6, 6.07) is 5.02. The van der Waals surface area contributed by atoms with Crippen molar-refractivity contribution >= 4 is 28.9 Å². The van der Waals surface area contributed by atoms with Gasteiger partial charge in [-0.25, -0.2) is 0 Å². The lowest BCUT2D eigenvalue weighted by Crippen LogP contribution is -2.24. The van der Waals surface area contributed by atoms with Gasteiger partial charge in [-0.2, -0.15) is 0 Å². The zero-order valence-electron chi connectivity index (χ0n) is 10.2. The highest BCUT2D eigenvalue weighted by Gasteiger charge is 2.06. The fourth-order valence-corrected chi connectivity index (χ4v) is 1.47. The van der Waals surface area contributed by atoms with Gasteiger partial charge in [-0.05, 0) is 31.8 Å². The first-order valence-corrected chi connectivity index (χ1v) is 5.94. The minimum absolute atomic E-state index is 0.0562. The lowest BCUT2D eigenvalue weighted by molar-refractivity contribution is -0.116. The zero-order chi connectivity index (χ0) is 12.8. The minimum atomic E-state index is -0.0562. The summed E-state index contributed by atoms with van der Waals surface area (Å²) in [7, 11) is 1.97. The Balaban J connectivity index is 2.53. The van der Waals surface area contributed by atoms with Crippen LogP contribution in [-0.4, -0.2) is 30.9 Å². The van der Waals surface area contributed by atoms with Crippen molar-refractivity contribution in [2.24, 2.45) is 0 Å². The molecule has 94 valence electrons. The Kier molecular flexibility index (Phi) is 5.25. The molecule has 5 heteroatoms. The van der Waals surface area contributed by atoms with E-state index in [9.17, 15) is 4.79 Å². The molecular weight excluding hydrogens is 238 g/mol. The third kappa shape index (κ3) is 4.63. The van der Waals surface area contributed by atoms with Crippen molar-refractivity contribution < 1.29 is 4.79 Å². The topological polar surface area (TPSA) is 58.4 Å². The number of nitrogens with zero attached hydrogens (tertiary/aromatic N) is 1. The first-order chi connectivity index (χ1) is 8.02. The van der Waals surface area contributed by atoms with Gasteiger partial charge in [0.05, 0.1) is 11.4 Å². The van der Waals surface area contributed by atoms with E-state index in [1.807, 2.05) is 14.0 Å². The number of rotatable bonds is 5. The summed E-state index contributed by atoms with van der Waals surface area (Å²) < 4.78 is 0. The largest absolute Gasteiger partial charge is 0.397 e. The van der Waals surface area contributed by atoms with Gasteiger partial charge < -0.3 is 16.0 Å². The molecule has 0 aliphatic rings. The van der Waals surface area contributed by atoms with Gasteiger partial charge in [-0.1, -0.05) is 18.5 Å². The highest BCUT2D eigenvalue weighted by Crippen LogP contribution is 2.22. The van der Waals surface area contributed by atoms with E-state index >= 15 is 0 Å². The molecule has 0 aromatic heterocycles. The number of nitrogen functional groups attached to an aromatic ring is 1. The highest BCUT2D eigenvalue weighted by molar-refractivity contribution is 6.31. The van der Waals surface area contributed by atoms with Crippen LogP contribution in [0.5, 0.6) is 0 Å². The monoisotopic (exact) mass is 255 g/mol. The number of carbonyl (C=O) groups excluding carboxylic acids is 1. The van der Waals surface area contributed by atoms with E-state index in [4.69, 9.17) is 17.3 Å². The lowest BCUT2D eigenvalue weighted by atomic mass is 10.2. The minimum Gasteiger partial charge on any atom is -0.397 e. The maximum Gasteiger partial charge on any atom is 0.225 e. The molecule has 0 saturated carbocycles. The van der Waals surface area contributed by atoms with Crippen LogP contribution in [0.1, 0.15) is 13.3 Å². The van der Waals surface area contributed by atoms with Crippen LogP contribution >= 0.6 is 11.6 Å². The fraction of sp³-hybridized carbons (Fsp3) is 0.417. The Labute approximate surface area is 107 Å². The molecule has 0 heterocycles. The summed E-state index contributed by atoms with van der Waals surface area (Å²) in [4.78, 5) is 13.7. The predicted molar refractivity (Wildman–Crippen MR) is 72.3 cm³/mol. The molecule has 1 aromatic rings. The normalized spacial score (nSPS) is 10.6. The Morgan fingerprint density at radius 1 is 1.53 bits per heavy atom. The van der Waals surface area contributed by atoms with E-state index in [-0.39, 0.29) is 5.91 Å². The molecule has 17 heavy (non-hydrogen) atoms. The van der Waals surface area contributed by atoms with Gasteiger partial charge in [0.25, 0.3) is 0 Å². The third-order valence-corrected chi connectivity index (χ3v) is 2.78. The molecule has 1 aromatic carbocycles. The number of hydrogen-bond acceptors (Lipinski definition) is 3. The van der Waals surface area contributed by atoms with Crippen molar-refractivity contribution in [2.45, 2.75) is 13.3 Å². The summed E-state index contributed by atoms with van der Waals surface area (Å²) in [6.07, 6.45) is 0.441. The lowest BCUT2D eigenvalue weighted by Gasteiger charge is -2.13. The van der Waals surface area contributed by atoms with Crippen molar-refractivity contribution in [2.75, 3.05) is 31.2 Å². The Bertz CT molecular complexity index is 395. The average molecular weight is 256 g/mol. The maximum absolute atomic E-state index is 11.7. The van der Waals surface area contributed by atoms with E-state index in [0.717, 1.165) is 13.1 Å². The summed E-state index contributed by atoms with van der Waals surface area (Å²) in [5.41, 5.74) is 6.83. The predicted octanol–water partition coefficient (Wildman–Crippen LogP) is 2.20. The van der Waals surface area contributed by atoms with Crippen LogP contribution in [0.25, 0.3) is 0 Å². The fourth-order valence-electron chi connectivity index (χ4n) is 1.30. The van der Waals surface area contributed by atoms with Crippen LogP contribution in [0.15, 0.2) is 18.2 Å². The van der Waals surface area contributed by atoms with Crippen molar-refractivity contribution in [3.05, 3.63) is 23.2 Å². The number of nitrogens with one attached hydrogen (secondary N) is 1. The van der Waals surface area contributed by atoms with Crippen molar-refractivity contribution in [3.8, 4) is 0 Å². The first-order valence-electron chi connectivity index (χ1n) is 5.56. The van der Waals surface area contributed by atoms with E-state index in [2.05, 4.69) is 10.2 Å². The Morgan fingerprint density at radius 3 is 2.88 bits per heavy atom. The Hall–Kier alpha value is -1.26. The molecule has 0 fully saturated rings. The van der Waals surface area contributed by atoms with Crippen LogP contribution in [0.4, 0.5) is 11.4 Å². The number of anilines is 2. The Morgan fingerprint density at radius 2 is 2.24 bits per heavy atom. The van der Waals surface area contributed by atoms with E-state index in [1.54, 1.807) is 18.2 Å². The molecule has 0 atom stereocenters.